The Morgan fingerprint density at radius 3 is 2.69 bits per heavy atom. The van der Waals surface area contributed by atoms with Crippen molar-refractivity contribution in [1.29, 1.82) is 0 Å². The number of ether oxygens (including phenoxy) is 1. The topological polar surface area (TPSA) is 87.7 Å². The van der Waals surface area contributed by atoms with Gasteiger partial charge in [-0.15, -0.1) is 11.3 Å². The van der Waals surface area contributed by atoms with Crippen LogP contribution in [0.5, 0.6) is 11.5 Å². The number of hydrogen-bond donors (Lipinski definition) is 3. The molecule has 0 radical (unpaired) electrons. The van der Waals surface area contributed by atoms with Crippen molar-refractivity contribution in [1.82, 2.24) is 0 Å². The molecule has 1 aliphatic heterocycles. The Kier molecular flexibility index (Phi) is 4.98. The maximum absolute atomic E-state index is 12.9. The highest BCUT2D eigenvalue weighted by atomic mass is 32.1. The van der Waals surface area contributed by atoms with Crippen LogP contribution in [0, 0.1) is 6.92 Å². The largest absolute Gasteiger partial charge is 0.508 e. The lowest BCUT2D eigenvalue weighted by Crippen LogP contribution is -2.22. The van der Waals surface area contributed by atoms with E-state index in [9.17, 15) is 14.7 Å². The first-order valence-corrected chi connectivity index (χ1v) is 9.95. The molecule has 4 rings (SSSR count). The minimum absolute atomic E-state index is 0.103. The van der Waals surface area contributed by atoms with Crippen molar-refractivity contribution < 1.29 is 19.4 Å². The summed E-state index contributed by atoms with van der Waals surface area (Å²) < 4.78 is 5.14. The molecule has 1 unspecified atom stereocenters. The van der Waals surface area contributed by atoms with E-state index >= 15 is 0 Å². The fourth-order valence-electron chi connectivity index (χ4n) is 3.61. The van der Waals surface area contributed by atoms with Gasteiger partial charge >= 0.3 is 0 Å². The van der Waals surface area contributed by atoms with Gasteiger partial charge in [0.2, 0.25) is 5.91 Å². The van der Waals surface area contributed by atoms with Crippen LogP contribution in [0.15, 0.2) is 48.5 Å². The molecule has 29 heavy (non-hydrogen) atoms. The Hall–Kier alpha value is -3.32. The molecule has 2 heterocycles. The highest BCUT2D eigenvalue weighted by Gasteiger charge is 2.33. The molecule has 0 bridgehead atoms. The number of thiophene rings is 1. The number of methoxy groups -OCH3 is 1. The zero-order chi connectivity index (χ0) is 20.5. The molecule has 3 N–H and O–H groups in total. The van der Waals surface area contributed by atoms with E-state index in [0.29, 0.717) is 21.3 Å². The van der Waals surface area contributed by atoms with Crippen LogP contribution < -0.4 is 15.4 Å². The Bertz CT molecular complexity index is 1090. The van der Waals surface area contributed by atoms with Gasteiger partial charge in [-0.05, 0) is 60.0 Å². The molecule has 2 aromatic carbocycles. The molecular formula is C22H20N2O4S. The zero-order valence-corrected chi connectivity index (χ0v) is 16.8. The monoisotopic (exact) mass is 408 g/mol. The molecule has 7 heteroatoms. The van der Waals surface area contributed by atoms with E-state index in [2.05, 4.69) is 10.6 Å². The second-order valence-corrected chi connectivity index (χ2v) is 7.90. The lowest BCUT2D eigenvalue weighted by Gasteiger charge is -2.24. The van der Waals surface area contributed by atoms with Crippen LogP contribution in [-0.4, -0.2) is 24.0 Å². The van der Waals surface area contributed by atoms with Crippen LogP contribution in [0.25, 0.3) is 0 Å². The number of aromatic hydroxyl groups is 1. The summed E-state index contributed by atoms with van der Waals surface area (Å²) in [7, 11) is 1.59. The number of benzene rings is 2. The van der Waals surface area contributed by atoms with Crippen molar-refractivity contribution in [2.45, 2.75) is 19.3 Å². The first-order valence-electron chi connectivity index (χ1n) is 9.13. The fourth-order valence-corrected chi connectivity index (χ4v) is 4.79. The number of anilines is 2. The van der Waals surface area contributed by atoms with Gasteiger partial charge < -0.3 is 20.5 Å². The lowest BCUT2D eigenvalue weighted by atomic mass is 9.85. The summed E-state index contributed by atoms with van der Waals surface area (Å²) in [5, 5.41) is 16.3. The summed E-state index contributed by atoms with van der Waals surface area (Å²) in [4.78, 5) is 25.7. The zero-order valence-electron chi connectivity index (χ0n) is 16.0. The van der Waals surface area contributed by atoms with Gasteiger partial charge in [0.15, 0.2) is 0 Å². The number of amides is 2. The van der Waals surface area contributed by atoms with E-state index in [1.807, 2.05) is 13.0 Å². The summed E-state index contributed by atoms with van der Waals surface area (Å²) in [5.41, 5.74) is 3.28. The number of fused-ring (bicyclic) bond motifs is 1. The van der Waals surface area contributed by atoms with Crippen LogP contribution in [-0.2, 0) is 4.79 Å². The van der Waals surface area contributed by atoms with Crippen LogP contribution in [0.1, 0.15) is 38.7 Å². The van der Waals surface area contributed by atoms with E-state index in [-0.39, 0.29) is 29.9 Å². The molecule has 0 fully saturated rings. The summed E-state index contributed by atoms with van der Waals surface area (Å²) in [6.45, 7) is 1.89. The second kappa shape index (κ2) is 7.60. The highest BCUT2D eigenvalue weighted by molar-refractivity contribution is 7.18. The van der Waals surface area contributed by atoms with Gasteiger partial charge in [0.25, 0.3) is 5.91 Å². The molecule has 148 valence electrons. The normalized spacial score (nSPS) is 15.4. The highest BCUT2D eigenvalue weighted by Crippen LogP contribution is 2.45. The Labute approximate surface area is 172 Å². The molecule has 0 spiro atoms. The summed E-state index contributed by atoms with van der Waals surface area (Å²) in [5.74, 6) is 0.331. The number of nitrogens with one attached hydrogen (secondary N) is 2. The maximum Gasteiger partial charge on any atom is 0.266 e. The number of hydrogen-bond acceptors (Lipinski definition) is 5. The van der Waals surface area contributed by atoms with Gasteiger partial charge in [-0.2, -0.15) is 0 Å². The van der Waals surface area contributed by atoms with Gasteiger partial charge in [0.1, 0.15) is 11.5 Å². The Morgan fingerprint density at radius 1 is 1.24 bits per heavy atom. The molecule has 0 saturated heterocycles. The predicted molar refractivity (Wildman–Crippen MR) is 113 cm³/mol. The molecular weight excluding hydrogens is 388 g/mol. The second-order valence-electron chi connectivity index (χ2n) is 6.88. The van der Waals surface area contributed by atoms with Crippen molar-refractivity contribution >= 4 is 33.8 Å². The van der Waals surface area contributed by atoms with Crippen molar-refractivity contribution in [3.05, 3.63) is 70.1 Å². The molecule has 1 aliphatic rings. The SMILES string of the molecule is COc1ccc(NC(=O)c2sc3c(c2C)C(c2cccc(O)c2)CC(=O)N3)cc1. The Morgan fingerprint density at radius 2 is 2.00 bits per heavy atom. The number of carbonyl (C=O) groups excluding carboxylic acids is 2. The third kappa shape index (κ3) is 3.69. The average molecular weight is 408 g/mol. The molecule has 3 aromatic rings. The van der Waals surface area contributed by atoms with Crippen molar-refractivity contribution in [3.8, 4) is 11.5 Å². The number of phenols is 1. The van der Waals surface area contributed by atoms with E-state index < -0.39 is 0 Å². The van der Waals surface area contributed by atoms with Crippen LogP contribution in [0.3, 0.4) is 0 Å². The lowest BCUT2D eigenvalue weighted by molar-refractivity contribution is -0.116. The minimum Gasteiger partial charge on any atom is -0.508 e. The molecule has 1 aromatic heterocycles. The quantitative estimate of drug-likeness (QED) is 0.593. The van der Waals surface area contributed by atoms with Gasteiger partial charge in [0, 0.05) is 18.0 Å². The molecule has 2 amide bonds. The number of rotatable bonds is 4. The van der Waals surface area contributed by atoms with Crippen molar-refractivity contribution in [2.24, 2.45) is 0 Å². The van der Waals surface area contributed by atoms with Gasteiger partial charge in [-0.3, -0.25) is 9.59 Å². The van der Waals surface area contributed by atoms with Gasteiger partial charge in [0.05, 0.1) is 17.0 Å². The molecule has 6 nitrogen and oxygen atoms in total. The van der Waals surface area contributed by atoms with E-state index in [1.54, 1.807) is 49.6 Å². The van der Waals surface area contributed by atoms with Crippen LogP contribution in [0.2, 0.25) is 0 Å². The van der Waals surface area contributed by atoms with Crippen LogP contribution in [0.4, 0.5) is 10.7 Å². The summed E-state index contributed by atoms with van der Waals surface area (Å²) in [6, 6.07) is 14.0. The van der Waals surface area contributed by atoms with E-state index in [0.717, 1.165) is 16.7 Å². The maximum atomic E-state index is 12.9. The van der Waals surface area contributed by atoms with Gasteiger partial charge in [-0.25, -0.2) is 0 Å². The fraction of sp³-hybridized carbons (Fsp3) is 0.182. The number of carbonyl (C=O) groups is 2. The first-order chi connectivity index (χ1) is 14.0. The smallest absolute Gasteiger partial charge is 0.266 e. The summed E-state index contributed by atoms with van der Waals surface area (Å²) >= 11 is 1.27. The minimum atomic E-state index is -0.226. The third-order valence-electron chi connectivity index (χ3n) is 5.01. The predicted octanol–water partition coefficient (Wildman–Crippen LogP) is 4.50. The van der Waals surface area contributed by atoms with Crippen molar-refractivity contribution in [3.63, 3.8) is 0 Å². The molecule has 1 atom stereocenters. The first kappa shape index (κ1) is 19.0. The summed E-state index contributed by atoms with van der Waals surface area (Å²) in [6.07, 6.45) is 0.271. The average Bonchev–Trinajstić information content (AvgIpc) is 3.04. The van der Waals surface area contributed by atoms with E-state index in [1.165, 1.54) is 11.3 Å². The standard InChI is InChI=1S/C22H20N2O4S/c1-12-19-17(13-4-3-5-15(25)10-13)11-18(26)24-22(19)29-20(12)21(27)23-14-6-8-16(28-2)9-7-14/h3-10,17,25H,11H2,1-2H3,(H,23,27)(H,24,26). The van der Waals surface area contributed by atoms with Crippen LogP contribution >= 0.6 is 11.3 Å². The Balaban J connectivity index is 1.67. The number of phenolic OH excluding ortho intramolecular Hbond substituents is 1. The molecule has 0 aliphatic carbocycles. The third-order valence-corrected chi connectivity index (χ3v) is 6.23. The molecule has 0 saturated carbocycles. The van der Waals surface area contributed by atoms with E-state index in [4.69, 9.17) is 4.74 Å². The van der Waals surface area contributed by atoms with Gasteiger partial charge in [-0.1, -0.05) is 12.1 Å². The van der Waals surface area contributed by atoms with Crippen molar-refractivity contribution in [2.75, 3.05) is 17.7 Å².